The maximum absolute atomic E-state index is 12.6. The van der Waals surface area contributed by atoms with Crippen LogP contribution in [0.25, 0.3) is 6.08 Å². The van der Waals surface area contributed by atoms with Gasteiger partial charge in [-0.25, -0.2) is 0 Å². The third-order valence-corrected chi connectivity index (χ3v) is 6.26. The Morgan fingerprint density at radius 3 is 2.76 bits per heavy atom. The second-order valence-corrected chi connectivity index (χ2v) is 8.74. The van der Waals surface area contributed by atoms with Gasteiger partial charge in [-0.1, -0.05) is 30.7 Å². The van der Waals surface area contributed by atoms with Crippen LogP contribution >= 0.6 is 11.6 Å². The van der Waals surface area contributed by atoms with Crippen molar-refractivity contribution in [3.05, 3.63) is 63.7 Å². The summed E-state index contributed by atoms with van der Waals surface area (Å²) in [5, 5.41) is 12.9. The second-order valence-electron chi connectivity index (χ2n) is 8.33. The molecule has 29 heavy (non-hydrogen) atoms. The van der Waals surface area contributed by atoms with Gasteiger partial charge in [-0.3, -0.25) is 4.79 Å². The number of hydrogen-bond donors (Lipinski definition) is 1. The van der Waals surface area contributed by atoms with E-state index in [9.17, 15) is 10.1 Å². The molecule has 4 nitrogen and oxygen atoms in total. The first kappa shape index (κ1) is 21.0. The fourth-order valence-electron chi connectivity index (χ4n) is 3.93. The summed E-state index contributed by atoms with van der Waals surface area (Å²) >= 11 is 6.12. The molecule has 3 rings (SSSR count). The van der Waals surface area contributed by atoms with Crippen LogP contribution in [-0.2, 0) is 4.79 Å². The summed E-state index contributed by atoms with van der Waals surface area (Å²) in [5.74, 6) is -0.0418. The molecule has 150 valence electrons. The van der Waals surface area contributed by atoms with Gasteiger partial charge in [-0.05, 0) is 80.1 Å². The van der Waals surface area contributed by atoms with Gasteiger partial charge >= 0.3 is 0 Å². The van der Waals surface area contributed by atoms with E-state index in [1.54, 1.807) is 24.3 Å². The molecule has 0 spiro atoms. The van der Waals surface area contributed by atoms with Crippen molar-refractivity contribution in [1.29, 1.82) is 5.26 Å². The zero-order chi connectivity index (χ0) is 21.3. The van der Waals surface area contributed by atoms with Gasteiger partial charge in [0.15, 0.2) is 0 Å². The van der Waals surface area contributed by atoms with Crippen molar-refractivity contribution in [1.82, 2.24) is 0 Å². The Morgan fingerprint density at radius 2 is 2.07 bits per heavy atom. The zero-order valence-electron chi connectivity index (χ0n) is 17.5. The van der Waals surface area contributed by atoms with Crippen LogP contribution in [0.4, 0.5) is 11.4 Å². The van der Waals surface area contributed by atoms with E-state index >= 15 is 0 Å². The molecule has 0 aliphatic carbocycles. The molecule has 1 heterocycles. The molecule has 1 amide bonds. The lowest BCUT2D eigenvalue weighted by Crippen LogP contribution is -2.45. The van der Waals surface area contributed by atoms with E-state index in [2.05, 4.69) is 50.2 Å². The Morgan fingerprint density at radius 1 is 1.34 bits per heavy atom. The van der Waals surface area contributed by atoms with Gasteiger partial charge in [0.2, 0.25) is 0 Å². The maximum Gasteiger partial charge on any atom is 0.266 e. The molecule has 1 N–H and O–H groups in total. The van der Waals surface area contributed by atoms with Crippen LogP contribution in [0.5, 0.6) is 0 Å². The average Bonchev–Trinajstić information content (AvgIpc) is 2.67. The van der Waals surface area contributed by atoms with Gasteiger partial charge in [0, 0.05) is 29.0 Å². The van der Waals surface area contributed by atoms with Crippen LogP contribution in [0.3, 0.4) is 0 Å². The number of benzene rings is 2. The summed E-state index contributed by atoms with van der Waals surface area (Å²) in [6.07, 6.45) is 2.69. The van der Waals surface area contributed by atoms with Crippen LogP contribution in [0.2, 0.25) is 5.02 Å². The summed E-state index contributed by atoms with van der Waals surface area (Å²) in [6.45, 7) is 8.55. The standard InChI is InChI=1S/C24H26ClN3O/c1-15-13-24(3,4)28(5)22-10-9-17(12-19(15)22)11-18(14-26)23(29)27-21-8-6-7-20(25)16(21)2/h6-12,15H,13H2,1-5H3,(H,27,29)/b18-11-/t15-/m0/s1. The van der Waals surface area contributed by atoms with E-state index in [1.807, 2.05) is 19.1 Å². The van der Waals surface area contributed by atoms with Crippen LogP contribution < -0.4 is 10.2 Å². The summed E-state index contributed by atoms with van der Waals surface area (Å²) in [5.41, 5.74) is 4.81. The summed E-state index contributed by atoms with van der Waals surface area (Å²) < 4.78 is 0. The number of anilines is 2. The van der Waals surface area contributed by atoms with E-state index in [-0.39, 0.29) is 11.1 Å². The van der Waals surface area contributed by atoms with Crippen molar-refractivity contribution >= 4 is 35.0 Å². The highest BCUT2D eigenvalue weighted by molar-refractivity contribution is 6.31. The molecule has 1 aliphatic heterocycles. The van der Waals surface area contributed by atoms with Gasteiger partial charge in [0.1, 0.15) is 11.6 Å². The van der Waals surface area contributed by atoms with E-state index < -0.39 is 5.91 Å². The molecular weight excluding hydrogens is 382 g/mol. The number of amides is 1. The minimum Gasteiger partial charge on any atom is -0.369 e. The first-order valence-electron chi connectivity index (χ1n) is 9.70. The average molecular weight is 408 g/mol. The van der Waals surface area contributed by atoms with Gasteiger partial charge in [0.25, 0.3) is 5.91 Å². The number of fused-ring (bicyclic) bond motifs is 1. The molecule has 0 radical (unpaired) electrons. The second kappa shape index (κ2) is 7.93. The van der Waals surface area contributed by atoms with Gasteiger partial charge in [-0.2, -0.15) is 5.26 Å². The predicted molar refractivity (Wildman–Crippen MR) is 120 cm³/mol. The highest BCUT2D eigenvalue weighted by atomic mass is 35.5. The molecule has 0 saturated carbocycles. The molecule has 2 aromatic carbocycles. The zero-order valence-corrected chi connectivity index (χ0v) is 18.3. The first-order valence-corrected chi connectivity index (χ1v) is 10.1. The number of nitrogens with zero attached hydrogens (tertiary/aromatic N) is 2. The van der Waals surface area contributed by atoms with E-state index in [1.165, 1.54) is 11.3 Å². The lowest BCUT2D eigenvalue weighted by molar-refractivity contribution is -0.112. The summed E-state index contributed by atoms with van der Waals surface area (Å²) in [4.78, 5) is 14.9. The Bertz CT molecular complexity index is 1030. The van der Waals surface area contributed by atoms with Crippen molar-refractivity contribution in [3.8, 4) is 6.07 Å². The third-order valence-electron chi connectivity index (χ3n) is 5.85. The minimum absolute atomic E-state index is 0.0569. The van der Waals surface area contributed by atoms with Crippen molar-refractivity contribution in [2.75, 3.05) is 17.3 Å². The Hall–Kier alpha value is -2.77. The van der Waals surface area contributed by atoms with Crippen molar-refractivity contribution < 1.29 is 4.79 Å². The van der Waals surface area contributed by atoms with E-state index in [0.29, 0.717) is 16.6 Å². The first-order chi connectivity index (χ1) is 13.6. The van der Waals surface area contributed by atoms with Crippen LogP contribution in [0.15, 0.2) is 42.0 Å². The number of nitriles is 1. The maximum atomic E-state index is 12.6. The SMILES string of the molecule is Cc1c(Cl)cccc1NC(=O)/C(C#N)=C\c1ccc2c(c1)[C@@H](C)CC(C)(C)N2C. The molecule has 0 fully saturated rings. The van der Waals surface area contributed by atoms with E-state index in [4.69, 9.17) is 11.6 Å². The number of rotatable bonds is 3. The Labute approximate surface area is 177 Å². The van der Waals surface area contributed by atoms with Crippen molar-refractivity contribution in [2.24, 2.45) is 0 Å². The fourth-order valence-corrected chi connectivity index (χ4v) is 4.11. The number of hydrogen-bond acceptors (Lipinski definition) is 3. The summed E-state index contributed by atoms with van der Waals surface area (Å²) in [7, 11) is 2.11. The molecule has 1 atom stereocenters. The number of nitrogens with one attached hydrogen (secondary N) is 1. The minimum atomic E-state index is -0.443. The molecule has 1 aliphatic rings. The number of halogens is 1. The van der Waals surface area contributed by atoms with Crippen molar-refractivity contribution in [3.63, 3.8) is 0 Å². The predicted octanol–water partition coefficient (Wildman–Crippen LogP) is 5.92. The quantitative estimate of drug-likeness (QED) is 0.507. The topological polar surface area (TPSA) is 56.1 Å². The van der Waals surface area contributed by atoms with Gasteiger partial charge < -0.3 is 10.2 Å². The monoisotopic (exact) mass is 407 g/mol. The molecule has 0 aromatic heterocycles. The largest absolute Gasteiger partial charge is 0.369 e. The fraction of sp³-hybridized carbons (Fsp3) is 0.333. The smallest absolute Gasteiger partial charge is 0.266 e. The summed E-state index contributed by atoms with van der Waals surface area (Å²) in [6, 6.07) is 13.4. The molecular formula is C24H26ClN3O. The number of carbonyl (C=O) groups excluding carboxylic acids is 1. The lowest BCUT2D eigenvalue weighted by atomic mass is 9.80. The molecule has 2 aromatic rings. The van der Waals surface area contributed by atoms with E-state index in [0.717, 1.165) is 17.5 Å². The molecule has 5 heteroatoms. The number of carbonyl (C=O) groups is 1. The molecule has 0 unspecified atom stereocenters. The van der Waals surface area contributed by atoms with Gasteiger partial charge in [0.05, 0.1) is 0 Å². The highest BCUT2D eigenvalue weighted by Crippen LogP contribution is 2.42. The molecule has 0 saturated heterocycles. The van der Waals surface area contributed by atoms with Crippen LogP contribution in [0, 0.1) is 18.3 Å². The van der Waals surface area contributed by atoms with Gasteiger partial charge in [-0.15, -0.1) is 0 Å². The molecule has 0 bridgehead atoms. The Kier molecular flexibility index (Phi) is 5.73. The van der Waals surface area contributed by atoms with Crippen LogP contribution in [0.1, 0.15) is 49.8 Å². The lowest BCUT2D eigenvalue weighted by Gasteiger charge is -2.45. The highest BCUT2D eigenvalue weighted by Gasteiger charge is 2.33. The Balaban J connectivity index is 1.90. The van der Waals surface area contributed by atoms with Crippen LogP contribution in [-0.4, -0.2) is 18.5 Å². The van der Waals surface area contributed by atoms with Crippen molar-refractivity contribution in [2.45, 2.75) is 45.6 Å². The normalized spacial score (nSPS) is 18.0. The third kappa shape index (κ3) is 4.16.